The Bertz CT molecular complexity index is 529. The van der Waals surface area contributed by atoms with Crippen molar-refractivity contribution < 1.29 is 14.6 Å². The highest BCUT2D eigenvalue weighted by atomic mass is 16.7. The summed E-state index contributed by atoms with van der Waals surface area (Å²) in [6.45, 7) is 0.0288. The molecule has 0 unspecified atom stereocenters. The van der Waals surface area contributed by atoms with Gasteiger partial charge in [0.1, 0.15) is 5.69 Å². The minimum absolute atomic E-state index is 0.0288. The van der Waals surface area contributed by atoms with Gasteiger partial charge in [0.25, 0.3) is 5.79 Å². The standard InChI is InChI=1S/C13H11NO3/c15-13(12-7-3-4-8-14-12)9-16-10-5-1-2-6-11(10)17-13/h1-8,15H,9H2/t13-/m0/s1. The molecule has 1 aromatic heterocycles. The van der Waals surface area contributed by atoms with Crippen LogP contribution in [-0.4, -0.2) is 16.7 Å². The number of pyridine rings is 1. The first kappa shape index (κ1) is 10.1. The average molecular weight is 229 g/mol. The molecule has 1 aliphatic heterocycles. The number of ether oxygens (including phenoxy) is 2. The Morgan fingerprint density at radius 3 is 2.59 bits per heavy atom. The minimum Gasteiger partial charge on any atom is -0.482 e. The third kappa shape index (κ3) is 1.72. The number of fused-ring (bicyclic) bond motifs is 1. The largest absolute Gasteiger partial charge is 0.482 e. The van der Waals surface area contributed by atoms with Crippen LogP contribution in [-0.2, 0) is 5.79 Å². The van der Waals surface area contributed by atoms with Gasteiger partial charge < -0.3 is 14.6 Å². The van der Waals surface area contributed by atoms with Gasteiger partial charge in [-0.2, -0.15) is 0 Å². The number of para-hydroxylation sites is 2. The van der Waals surface area contributed by atoms with Gasteiger partial charge in [-0.05, 0) is 24.3 Å². The number of benzene rings is 1. The van der Waals surface area contributed by atoms with E-state index >= 15 is 0 Å². The summed E-state index contributed by atoms with van der Waals surface area (Å²) in [6.07, 6.45) is 1.61. The molecule has 0 radical (unpaired) electrons. The van der Waals surface area contributed by atoms with E-state index in [0.717, 1.165) is 0 Å². The molecule has 0 amide bonds. The number of aromatic nitrogens is 1. The molecule has 17 heavy (non-hydrogen) atoms. The maximum atomic E-state index is 10.4. The summed E-state index contributed by atoms with van der Waals surface area (Å²) in [5.74, 6) is -0.365. The van der Waals surface area contributed by atoms with Gasteiger partial charge in [0.05, 0.1) is 0 Å². The van der Waals surface area contributed by atoms with Crippen molar-refractivity contribution >= 4 is 0 Å². The fraction of sp³-hybridized carbons (Fsp3) is 0.154. The van der Waals surface area contributed by atoms with Gasteiger partial charge >= 0.3 is 0 Å². The van der Waals surface area contributed by atoms with Crippen LogP contribution in [0.3, 0.4) is 0 Å². The fourth-order valence-corrected chi connectivity index (χ4v) is 1.76. The first-order chi connectivity index (χ1) is 8.28. The van der Waals surface area contributed by atoms with Crippen LogP contribution < -0.4 is 9.47 Å². The zero-order valence-electron chi connectivity index (χ0n) is 9.04. The third-order valence-electron chi connectivity index (χ3n) is 2.62. The van der Waals surface area contributed by atoms with E-state index in [1.807, 2.05) is 12.1 Å². The van der Waals surface area contributed by atoms with Gasteiger partial charge in [0.2, 0.25) is 0 Å². The van der Waals surface area contributed by atoms with Crippen molar-refractivity contribution in [2.24, 2.45) is 0 Å². The summed E-state index contributed by atoms with van der Waals surface area (Å²) < 4.78 is 11.1. The third-order valence-corrected chi connectivity index (χ3v) is 2.62. The molecule has 3 rings (SSSR count). The summed E-state index contributed by atoms with van der Waals surface area (Å²) in [7, 11) is 0. The fourth-order valence-electron chi connectivity index (χ4n) is 1.76. The summed E-state index contributed by atoms with van der Waals surface area (Å²) >= 11 is 0. The van der Waals surface area contributed by atoms with Gasteiger partial charge in [-0.1, -0.05) is 18.2 Å². The van der Waals surface area contributed by atoms with E-state index in [4.69, 9.17) is 9.47 Å². The molecular formula is C13H11NO3. The molecule has 0 aliphatic carbocycles. The van der Waals surface area contributed by atoms with Crippen molar-refractivity contribution in [3.05, 3.63) is 54.4 Å². The molecule has 4 nitrogen and oxygen atoms in total. The molecule has 1 aromatic carbocycles. The predicted molar refractivity (Wildman–Crippen MR) is 60.7 cm³/mol. The average Bonchev–Trinajstić information content (AvgIpc) is 2.40. The highest BCUT2D eigenvalue weighted by Gasteiger charge is 2.38. The van der Waals surface area contributed by atoms with Gasteiger partial charge in [-0.3, -0.25) is 4.98 Å². The van der Waals surface area contributed by atoms with Crippen molar-refractivity contribution in [3.8, 4) is 11.5 Å². The van der Waals surface area contributed by atoms with Crippen LogP contribution in [0.15, 0.2) is 48.7 Å². The lowest BCUT2D eigenvalue weighted by Gasteiger charge is -2.33. The van der Waals surface area contributed by atoms with Crippen molar-refractivity contribution in [2.45, 2.75) is 5.79 Å². The van der Waals surface area contributed by atoms with Crippen molar-refractivity contribution in [1.82, 2.24) is 4.98 Å². The summed E-state index contributed by atoms with van der Waals surface area (Å²) in [5, 5.41) is 10.4. The molecule has 0 saturated carbocycles. The summed E-state index contributed by atoms with van der Waals surface area (Å²) in [5.41, 5.74) is 0.439. The van der Waals surface area contributed by atoms with E-state index in [2.05, 4.69) is 4.98 Å². The molecule has 4 heteroatoms. The smallest absolute Gasteiger partial charge is 0.286 e. The Morgan fingerprint density at radius 1 is 1.06 bits per heavy atom. The second kappa shape index (κ2) is 3.75. The summed E-state index contributed by atoms with van der Waals surface area (Å²) in [4.78, 5) is 4.09. The quantitative estimate of drug-likeness (QED) is 0.808. The normalized spacial score (nSPS) is 22.2. The molecule has 0 bridgehead atoms. The number of nitrogens with zero attached hydrogens (tertiary/aromatic N) is 1. The number of aliphatic hydroxyl groups is 1. The predicted octanol–water partition coefficient (Wildman–Crippen LogP) is 1.70. The van der Waals surface area contributed by atoms with E-state index < -0.39 is 5.79 Å². The molecular weight excluding hydrogens is 218 g/mol. The number of hydrogen-bond donors (Lipinski definition) is 1. The van der Waals surface area contributed by atoms with Gasteiger partial charge in [-0.25, -0.2) is 0 Å². The van der Waals surface area contributed by atoms with E-state index in [-0.39, 0.29) is 6.61 Å². The zero-order chi connectivity index (χ0) is 11.7. The van der Waals surface area contributed by atoms with Gasteiger partial charge in [-0.15, -0.1) is 0 Å². The van der Waals surface area contributed by atoms with Crippen LogP contribution in [0, 0.1) is 0 Å². The molecule has 86 valence electrons. The Hall–Kier alpha value is -2.07. The van der Waals surface area contributed by atoms with Crippen LogP contribution in [0.5, 0.6) is 11.5 Å². The maximum absolute atomic E-state index is 10.4. The lowest BCUT2D eigenvalue weighted by molar-refractivity contribution is -0.185. The highest BCUT2D eigenvalue weighted by Crippen LogP contribution is 2.37. The molecule has 0 saturated heterocycles. The van der Waals surface area contributed by atoms with Crippen LogP contribution >= 0.6 is 0 Å². The van der Waals surface area contributed by atoms with Gasteiger partial charge in [0.15, 0.2) is 18.1 Å². The van der Waals surface area contributed by atoms with Crippen LogP contribution in [0.2, 0.25) is 0 Å². The number of hydrogen-bond acceptors (Lipinski definition) is 4. The molecule has 1 aliphatic rings. The molecule has 0 spiro atoms. The molecule has 1 atom stereocenters. The Morgan fingerprint density at radius 2 is 1.82 bits per heavy atom. The molecule has 1 N–H and O–H groups in total. The first-order valence-corrected chi connectivity index (χ1v) is 5.33. The second-order valence-corrected chi connectivity index (χ2v) is 3.84. The lowest BCUT2D eigenvalue weighted by Crippen LogP contribution is -2.42. The van der Waals surface area contributed by atoms with E-state index in [0.29, 0.717) is 17.2 Å². The Balaban J connectivity index is 1.98. The summed E-state index contributed by atoms with van der Waals surface area (Å²) in [6, 6.07) is 12.5. The molecule has 2 heterocycles. The maximum Gasteiger partial charge on any atom is 0.286 e. The SMILES string of the molecule is O[C@@]1(c2ccccn2)COc2ccccc2O1. The molecule has 0 fully saturated rings. The van der Waals surface area contributed by atoms with Gasteiger partial charge in [0, 0.05) is 6.20 Å². The van der Waals surface area contributed by atoms with E-state index in [1.54, 1.807) is 36.5 Å². The topological polar surface area (TPSA) is 51.6 Å². The van der Waals surface area contributed by atoms with E-state index in [9.17, 15) is 5.11 Å². The second-order valence-electron chi connectivity index (χ2n) is 3.84. The highest BCUT2D eigenvalue weighted by molar-refractivity contribution is 5.41. The molecule has 2 aromatic rings. The number of rotatable bonds is 1. The zero-order valence-corrected chi connectivity index (χ0v) is 9.04. The van der Waals surface area contributed by atoms with Crippen molar-refractivity contribution in [1.29, 1.82) is 0 Å². The monoisotopic (exact) mass is 229 g/mol. The minimum atomic E-state index is -1.52. The van der Waals surface area contributed by atoms with Crippen molar-refractivity contribution in [3.63, 3.8) is 0 Å². The first-order valence-electron chi connectivity index (χ1n) is 5.33. The van der Waals surface area contributed by atoms with Crippen LogP contribution in [0.25, 0.3) is 0 Å². The Labute approximate surface area is 98.5 Å². The van der Waals surface area contributed by atoms with Crippen LogP contribution in [0.4, 0.5) is 0 Å². The Kier molecular flexibility index (Phi) is 2.23. The van der Waals surface area contributed by atoms with E-state index in [1.165, 1.54) is 0 Å². The van der Waals surface area contributed by atoms with Crippen LogP contribution in [0.1, 0.15) is 5.69 Å². The lowest BCUT2D eigenvalue weighted by atomic mass is 10.1. The van der Waals surface area contributed by atoms with Crippen molar-refractivity contribution in [2.75, 3.05) is 6.61 Å².